The molecule has 0 radical (unpaired) electrons. The molecule has 8 nitrogen and oxygen atoms in total. The van der Waals surface area contributed by atoms with Gasteiger partial charge >= 0.3 is 17.9 Å². The molecule has 1 rings (SSSR count). The molecule has 1 aromatic carbocycles. The molecule has 2 unspecified atom stereocenters. The van der Waals surface area contributed by atoms with Crippen LogP contribution in [0, 0.1) is 0 Å². The number of aliphatic hydroxyl groups excluding tert-OH is 1. The highest BCUT2D eigenvalue weighted by Gasteiger charge is 2.49. The third-order valence-electron chi connectivity index (χ3n) is 7.02. The molecule has 0 aliphatic rings. The summed E-state index contributed by atoms with van der Waals surface area (Å²) in [4.78, 5) is 36.5. The molecule has 0 saturated carbocycles. The Kier molecular flexibility index (Phi) is 18.1. The zero-order valence-corrected chi connectivity index (χ0v) is 24.3. The van der Waals surface area contributed by atoms with Gasteiger partial charge < -0.3 is 25.0 Å². The van der Waals surface area contributed by atoms with Crippen molar-refractivity contribution in [2.24, 2.45) is 0 Å². The van der Waals surface area contributed by atoms with E-state index in [2.05, 4.69) is 17.0 Å². The van der Waals surface area contributed by atoms with Crippen molar-refractivity contribution in [2.75, 3.05) is 18.5 Å². The molecule has 39 heavy (non-hydrogen) atoms. The van der Waals surface area contributed by atoms with Crippen LogP contribution in [0.1, 0.15) is 127 Å². The minimum Gasteiger partial charge on any atom is -0.464 e. The van der Waals surface area contributed by atoms with Gasteiger partial charge in [0.2, 0.25) is 0 Å². The van der Waals surface area contributed by atoms with E-state index in [0.717, 1.165) is 18.7 Å². The first-order chi connectivity index (χ1) is 18.8. The molecule has 0 spiro atoms. The number of carbonyl (C=O) groups excluding carboxylic acids is 3. The first kappa shape index (κ1) is 34.6. The zero-order valence-electron chi connectivity index (χ0n) is 24.3. The largest absolute Gasteiger partial charge is 0.464 e. The van der Waals surface area contributed by atoms with E-state index < -0.39 is 29.6 Å². The van der Waals surface area contributed by atoms with Crippen LogP contribution in [-0.2, 0) is 19.1 Å². The van der Waals surface area contributed by atoms with Crippen LogP contribution >= 0.6 is 0 Å². The number of benzene rings is 1. The molecule has 0 amide bonds. The Morgan fingerprint density at radius 2 is 1.28 bits per heavy atom. The van der Waals surface area contributed by atoms with Gasteiger partial charge in [-0.05, 0) is 44.0 Å². The Bertz CT molecular complexity index is 827. The highest BCUT2D eigenvalue weighted by Crippen LogP contribution is 2.21. The molecule has 0 fully saturated rings. The zero-order chi connectivity index (χ0) is 28.9. The van der Waals surface area contributed by atoms with Gasteiger partial charge in [0.25, 0.3) is 0 Å². The van der Waals surface area contributed by atoms with Crippen LogP contribution in [-0.4, -0.2) is 53.0 Å². The number of hydrogen-bond donors (Lipinski definition) is 3. The quantitative estimate of drug-likeness (QED) is 0.0871. The van der Waals surface area contributed by atoms with Crippen LogP contribution in [0.15, 0.2) is 24.3 Å². The summed E-state index contributed by atoms with van der Waals surface area (Å²) in [6.07, 6.45) is 15.9. The average molecular weight is 550 g/mol. The second-order valence-electron chi connectivity index (χ2n) is 10.2. The lowest BCUT2D eigenvalue weighted by Crippen LogP contribution is -2.54. The number of anilines is 1. The number of hydrogen-bond acceptors (Lipinski definition) is 8. The third kappa shape index (κ3) is 13.4. The third-order valence-corrected chi connectivity index (χ3v) is 7.02. The maximum atomic E-state index is 12.4. The molecule has 0 bridgehead atoms. The van der Waals surface area contributed by atoms with Gasteiger partial charge in [-0.15, -0.1) is 0 Å². The maximum absolute atomic E-state index is 12.4. The van der Waals surface area contributed by atoms with Crippen molar-refractivity contribution < 1.29 is 34.1 Å². The van der Waals surface area contributed by atoms with Gasteiger partial charge in [0.15, 0.2) is 11.7 Å². The fourth-order valence-electron chi connectivity index (χ4n) is 4.37. The minimum atomic E-state index is -2.59. The topological polar surface area (TPSA) is 122 Å². The number of rotatable bonds is 22. The van der Waals surface area contributed by atoms with E-state index in [1.54, 1.807) is 12.1 Å². The van der Waals surface area contributed by atoms with Crippen molar-refractivity contribution in [1.82, 2.24) is 0 Å². The first-order valence-electron chi connectivity index (χ1n) is 15.0. The van der Waals surface area contributed by atoms with Gasteiger partial charge in [-0.1, -0.05) is 97.3 Å². The number of carbonyl (C=O) groups is 3. The Morgan fingerprint density at radius 3 is 1.74 bits per heavy atom. The summed E-state index contributed by atoms with van der Waals surface area (Å²) < 4.78 is 9.40. The van der Waals surface area contributed by atoms with E-state index in [-0.39, 0.29) is 18.6 Å². The smallest absolute Gasteiger partial charge is 0.349 e. The summed E-state index contributed by atoms with van der Waals surface area (Å²) in [5, 5.41) is 23.8. The monoisotopic (exact) mass is 549 g/mol. The summed E-state index contributed by atoms with van der Waals surface area (Å²) in [7, 11) is 0. The van der Waals surface area contributed by atoms with Crippen LogP contribution in [0.3, 0.4) is 0 Å². The molecule has 0 aromatic heterocycles. The van der Waals surface area contributed by atoms with Crippen molar-refractivity contribution in [2.45, 2.75) is 129 Å². The van der Waals surface area contributed by atoms with Crippen molar-refractivity contribution in [3.8, 4) is 0 Å². The molecule has 0 saturated heterocycles. The van der Waals surface area contributed by atoms with Crippen LogP contribution in [0.4, 0.5) is 5.69 Å². The summed E-state index contributed by atoms with van der Waals surface area (Å²) in [6.45, 7) is 5.95. The fourth-order valence-corrected chi connectivity index (χ4v) is 4.37. The lowest BCUT2D eigenvalue weighted by Gasteiger charge is -2.27. The fraction of sp³-hybridized carbons (Fsp3) is 0.710. The molecule has 8 heteroatoms. The van der Waals surface area contributed by atoms with E-state index in [4.69, 9.17) is 4.74 Å². The predicted molar refractivity (Wildman–Crippen MR) is 154 cm³/mol. The SMILES string of the molecule is CCCCCCCCCCCCCCCCNc1ccc(C(=O)OC(=O)C(O)(CC)C(O)C(=O)OCC)cc1. The average Bonchev–Trinajstić information content (AvgIpc) is 2.94. The Balaban J connectivity index is 2.24. The molecule has 2 atom stereocenters. The van der Waals surface area contributed by atoms with E-state index in [0.29, 0.717) is 0 Å². The second kappa shape index (κ2) is 20.5. The number of nitrogens with one attached hydrogen (secondary N) is 1. The van der Waals surface area contributed by atoms with Crippen LogP contribution in [0.25, 0.3) is 0 Å². The van der Waals surface area contributed by atoms with Crippen LogP contribution in [0.5, 0.6) is 0 Å². The number of aliphatic hydroxyl groups is 2. The van der Waals surface area contributed by atoms with Crippen molar-refractivity contribution >= 4 is 23.6 Å². The van der Waals surface area contributed by atoms with E-state index >= 15 is 0 Å². The van der Waals surface area contributed by atoms with Crippen LogP contribution in [0.2, 0.25) is 0 Å². The molecular weight excluding hydrogens is 498 g/mol. The highest BCUT2D eigenvalue weighted by atomic mass is 16.6. The molecule has 0 aliphatic heterocycles. The van der Waals surface area contributed by atoms with Crippen molar-refractivity contribution in [1.29, 1.82) is 0 Å². The number of ether oxygens (including phenoxy) is 2. The molecule has 3 N–H and O–H groups in total. The summed E-state index contributed by atoms with van der Waals surface area (Å²) in [5.41, 5.74) is -1.64. The molecule has 1 aromatic rings. The van der Waals surface area contributed by atoms with Crippen molar-refractivity contribution in [3.05, 3.63) is 29.8 Å². The molecular formula is C31H51NO7. The highest BCUT2D eigenvalue weighted by molar-refractivity contribution is 6.00. The first-order valence-corrected chi connectivity index (χ1v) is 15.0. The Hall–Kier alpha value is -2.45. The standard InChI is InChI=1S/C31H51NO7/c1-4-7-8-9-10-11-12-13-14-15-16-17-18-19-24-32-26-22-20-25(21-23-26)28(34)39-30(36)31(37,5-2)27(33)29(35)38-6-3/h20-23,27,32-33,37H,4-19,24H2,1-3H3. The molecule has 0 heterocycles. The lowest BCUT2D eigenvalue weighted by molar-refractivity contribution is -0.186. The van der Waals surface area contributed by atoms with Crippen molar-refractivity contribution in [3.63, 3.8) is 0 Å². The Morgan fingerprint density at radius 1 is 0.795 bits per heavy atom. The molecule has 0 aliphatic carbocycles. The second-order valence-corrected chi connectivity index (χ2v) is 10.2. The summed E-state index contributed by atoms with van der Waals surface area (Å²) in [6, 6.07) is 6.45. The lowest BCUT2D eigenvalue weighted by atomic mass is 9.93. The van der Waals surface area contributed by atoms with Gasteiger partial charge in [0.1, 0.15) is 0 Å². The van der Waals surface area contributed by atoms with E-state index in [1.165, 1.54) is 109 Å². The predicted octanol–water partition coefficient (Wildman–Crippen LogP) is 6.33. The van der Waals surface area contributed by atoms with E-state index in [1.807, 2.05) is 0 Å². The normalized spacial score (nSPS) is 13.4. The molecule has 222 valence electrons. The van der Waals surface area contributed by atoms with E-state index in [9.17, 15) is 24.6 Å². The minimum absolute atomic E-state index is 0.0382. The van der Waals surface area contributed by atoms with Gasteiger partial charge in [-0.2, -0.15) is 0 Å². The van der Waals surface area contributed by atoms with Gasteiger partial charge in [0.05, 0.1) is 12.2 Å². The van der Waals surface area contributed by atoms with Gasteiger partial charge in [-0.25, -0.2) is 14.4 Å². The summed E-state index contributed by atoms with van der Waals surface area (Å²) in [5.74, 6) is -3.56. The van der Waals surface area contributed by atoms with Crippen LogP contribution < -0.4 is 5.32 Å². The Labute approximate surface area is 234 Å². The van der Waals surface area contributed by atoms with Gasteiger partial charge in [0, 0.05) is 12.2 Å². The maximum Gasteiger partial charge on any atom is 0.349 e. The van der Waals surface area contributed by atoms with Gasteiger partial charge in [-0.3, -0.25) is 0 Å². The number of unbranched alkanes of at least 4 members (excludes halogenated alkanes) is 13. The summed E-state index contributed by atoms with van der Waals surface area (Å²) >= 11 is 0. The number of esters is 3.